The Morgan fingerprint density at radius 3 is 2.64 bits per heavy atom. The van der Waals surface area contributed by atoms with Gasteiger partial charge in [-0.15, -0.1) is 0 Å². The Balaban J connectivity index is 2.40. The van der Waals surface area contributed by atoms with E-state index in [9.17, 15) is 4.79 Å². The average molecular weight is 175 g/mol. The zero-order valence-corrected chi connectivity index (χ0v) is 7.36. The van der Waals surface area contributed by atoms with E-state index in [-0.39, 0.29) is 17.2 Å². The average Bonchev–Trinajstić information content (AvgIpc) is 2.65. The lowest BCUT2D eigenvalue weighted by Crippen LogP contribution is -2.36. The molecule has 1 fully saturated rings. The van der Waals surface area contributed by atoms with Crippen LogP contribution in [0.1, 0.15) is 19.3 Å². The lowest BCUT2D eigenvalue weighted by atomic mass is 10.1. The van der Waals surface area contributed by atoms with Crippen LogP contribution in [0.25, 0.3) is 0 Å². The van der Waals surface area contributed by atoms with Crippen molar-refractivity contribution in [3.8, 4) is 0 Å². The first-order valence-corrected chi connectivity index (χ1v) is 4.86. The Hall–Kier alpha value is -0.220. The predicted octanol–water partition coefficient (Wildman–Crippen LogP) is 0.684. The van der Waals surface area contributed by atoms with Crippen molar-refractivity contribution in [1.29, 1.82) is 0 Å². The van der Waals surface area contributed by atoms with Gasteiger partial charge < -0.3 is 10.8 Å². The standard InChI is InChI=1S/C7H13NO2S/c1-11-7(2-3-7)5(8)4-6(9)10/h5H,2-4,8H2,1H3,(H,9,10). The summed E-state index contributed by atoms with van der Waals surface area (Å²) in [6, 6.07) is -0.171. The molecule has 0 bridgehead atoms. The van der Waals surface area contributed by atoms with Gasteiger partial charge in [0.15, 0.2) is 0 Å². The number of aliphatic carboxylic acids is 1. The molecule has 0 radical (unpaired) electrons. The van der Waals surface area contributed by atoms with E-state index in [1.807, 2.05) is 6.26 Å². The summed E-state index contributed by atoms with van der Waals surface area (Å²) in [6.45, 7) is 0. The van der Waals surface area contributed by atoms with Crippen molar-refractivity contribution in [3.05, 3.63) is 0 Å². The molecular formula is C7H13NO2S. The molecule has 3 N–H and O–H groups in total. The van der Waals surface area contributed by atoms with Crippen LogP contribution < -0.4 is 5.73 Å². The minimum absolute atomic E-state index is 0.0956. The summed E-state index contributed by atoms with van der Waals surface area (Å²) in [5, 5.41) is 8.48. The molecule has 0 aliphatic heterocycles. The zero-order chi connectivity index (χ0) is 8.48. The largest absolute Gasteiger partial charge is 0.481 e. The molecule has 3 nitrogen and oxygen atoms in total. The van der Waals surface area contributed by atoms with Gasteiger partial charge >= 0.3 is 5.97 Å². The van der Waals surface area contributed by atoms with Crippen molar-refractivity contribution in [1.82, 2.24) is 0 Å². The van der Waals surface area contributed by atoms with Crippen LogP contribution in [-0.4, -0.2) is 28.1 Å². The Morgan fingerprint density at radius 1 is 1.82 bits per heavy atom. The zero-order valence-electron chi connectivity index (χ0n) is 6.54. The molecule has 0 aromatic rings. The number of hydrogen-bond acceptors (Lipinski definition) is 3. The lowest BCUT2D eigenvalue weighted by Gasteiger charge is -2.18. The van der Waals surface area contributed by atoms with Crippen LogP contribution in [0.4, 0.5) is 0 Å². The van der Waals surface area contributed by atoms with Crippen LogP contribution in [0, 0.1) is 0 Å². The van der Waals surface area contributed by atoms with Crippen LogP contribution in [0.5, 0.6) is 0 Å². The molecule has 4 heteroatoms. The minimum Gasteiger partial charge on any atom is -0.481 e. The van der Waals surface area contributed by atoms with Crippen LogP contribution in [0.3, 0.4) is 0 Å². The molecular weight excluding hydrogens is 162 g/mol. The van der Waals surface area contributed by atoms with Crippen molar-refractivity contribution in [2.45, 2.75) is 30.1 Å². The summed E-state index contributed by atoms with van der Waals surface area (Å²) in [7, 11) is 0. The second kappa shape index (κ2) is 3.03. The van der Waals surface area contributed by atoms with Crippen molar-refractivity contribution < 1.29 is 9.90 Å². The highest BCUT2D eigenvalue weighted by Crippen LogP contribution is 2.49. The SMILES string of the molecule is CSC1(C(N)CC(=O)O)CC1. The molecule has 1 aliphatic rings. The van der Waals surface area contributed by atoms with E-state index in [0.29, 0.717) is 0 Å². The second-order valence-electron chi connectivity index (χ2n) is 2.97. The van der Waals surface area contributed by atoms with Crippen molar-refractivity contribution >= 4 is 17.7 Å². The molecule has 0 saturated heterocycles. The van der Waals surface area contributed by atoms with E-state index in [4.69, 9.17) is 10.8 Å². The number of carboxylic acid groups (broad SMARTS) is 1. The highest BCUT2D eigenvalue weighted by molar-refractivity contribution is 8.00. The topological polar surface area (TPSA) is 63.3 Å². The maximum absolute atomic E-state index is 10.3. The van der Waals surface area contributed by atoms with Crippen molar-refractivity contribution in [2.75, 3.05) is 6.26 Å². The molecule has 0 heterocycles. The Kier molecular flexibility index (Phi) is 2.44. The molecule has 0 amide bonds. The predicted molar refractivity (Wildman–Crippen MR) is 45.7 cm³/mol. The maximum Gasteiger partial charge on any atom is 0.304 e. The van der Waals surface area contributed by atoms with Gasteiger partial charge in [0.2, 0.25) is 0 Å². The summed E-state index contributed by atoms with van der Waals surface area (Å²) in [5.41, 5.74) is 5.72. The number of hydrogen-bond donors (Lipinski definition) is 2. The van der Waals surface area contributed by atoms with Gasteiger partial charge in [-0.25, -0.2) is 0 Å². The van der Waals surface area contributed by atoms with Gasteiger partial charge in [0.25, 0.3) is 0 Å². The van der Waals surface area contributed by atoms with Crippen LogP contribution in [0.2, 0.25) is 0 Å². The van der Waals surface area contributed by atoms with E-state index in [0.717, 1.165) is 12.8 Å². The fourth-order valence-corrected chi connectivity index (χ4v) is 2.12. The summed E-state index contributed by atoms with van der Waals surface area (Å²) in [6.07, 6.45) is 4.24. The van der Waals surface area contributed by atoms with E-state index in [2.05, 4.69) is 0 Å². The Morgan fingerprint density at radius 2 is 2.36 bits per heavy atom. The third kappa shape index (κ3) is 1.87. The molecule has 1 rings (SSSR count). The van der Waals surface area contributed by atoms with Gasteiger partial charge in [0, 0.05) is 10.8 Å². The van der Waals surface area contributed by atoms with E-state index in [1.54, 1.807) is 11.8 Å². The first-order chi connectivity index (χ1) is 5.10. The quantitative estimate of drug-likeness (QED) is 0.659. The van der Waals surface area contributed by atoms with Crippen LogP contribution >= 0.6 is 11.8 Å². The second-order valence-corrected chi connectivity index (χ2v) is 4.19. The molecule has 64 valence electrons. The first-order valence-electron chi connectivity index (χ1n) is 3.63. The molecule has 0 aromatic heterocycles. The molecule has 0 spiro atoms. The van der Waals surface area contributed by atoms with Crippen LogP contribution in [-0.2, 0) is 4.79 Å². The minimum atomic E-state index is -0.794. The molecule has 1 unspecified atom stereocenters. The number of carboxylic acids is 1. The summed E-state index contributed by atoms with van der Waals surface area (Å²) in [5.74, 6) is -0.794. The van der Waals surface area contributed by atoms with Gasteiger partial charge in [-0.3, -0.25) is 4.79 Å². The molecule has 0 aromatic carbocycles. The van der Waals surface area contributed by atoms with Gasteiger partial charge in [-0.2, -0.15) is 11.8 Å². The molecule has 1 aliphatic carbocycles. The normalized spacial score (nSPS) is 22.7. The fraction of sp³-hybridized carbons (Fsp3) is 0.857. The monoisotopic (exact) mass is 175 g/mol. The third-order valence-corrected chi connectivity index (χ3v) is 3.74. The summed E-state index contributed by atoms with van der Waals surface area (Å²) < 4.78 is 0.0956. The molecule has 11 heavy (non-hydrogen) atoms. The Labute approximate surface area is 70.3 Å². The maximum atomic E-state index is 10.3. The summed E-state index contributed by atoms with van der Waals surface area (Å²) in [4.78, 5) is 10.3. The van der Waals surface area contributed by atoms with Gasteiger partial charge in [0.05, 0.1) is 6.42 Å². The first kappa shape index (κ1) is 8.87. The number of rotatable bonds is 4. The van der Waals surface area contributed by atoms with E-state index in [1.165, 1.54) is 0 Å². The highest BCUT2D eigenvalue weighted by Gasteiger charge is 2.47. The smallest absolute Gasteiger partial charge is 0.304 e. The fourth-order valence-electron chi connectivity index (χ4n) is 1.22. The molecule has 1 saturated carbocycles. The van der Waals surface area contributed by atoms with E-state index < -0.39 is 5.97 Å². The highest BCUT2D eigenvalue weighted by atomic mass is 32.2. The van der Waals surface area contributed by atoms with Gasteiger partial charge in [-0.1, -0.05) is 0 Å². The number of thioether (sulfide) groups is 1. The third-order valence-electron chi connectivity index (χ3n) is 2.22. The summed E-state index contributed by atoms with van der Waals surface area (Å²) >= 11 is 1.70. The molecule has 1 atom stereocenters. The van der Waals surface area contributed by atoms with Crippen molar-refractivity contribution in [3.63, 3.8) is 0 Å². The lowest BCUT2D eigenvalue weighted by molar-refractivity contribution is -0.137. The van der Waals surface area contributed by atoms with Crippen molar-refractivity contribution in [2.24, 2.45) is 5.73 Å². The number of nitrogens with two attached hydrogens (primary N) is 1. The number of carbonyl (C=O) groups is 1. The van der Waals surface area contributed by atoms with E-state index >= 15 is 0 Å². The van der Waals surface area contributed by atoms with Crippen LogP contribution in [0.15, 0.2) is 0 Å². The van der Waals surface area contributed by atoms with Gasteiger partial charge in [0.1, 0.15) is 0 Å². The Bertz CT molecular complexity index is 168. The van der Waals surface area contributed by atoms with Gasteiger partial charge in [-0.05, 0) is 19.1 Å².